The summed E-state index contributed by atoms with van der Waals surface area (Å²) in [5.41, 5.74) is 8.78. The van der Waals surface area contributed by atoms with Crippen LogP contribution >= 0.6 is 23.6 Å². The molecule has 0 spiro atoms. The zero-order valence-corrected chi connectivity index (χ0v) is 14.1. The largest absolute Gasteiger partial charge is 0.383 e. The molecular formula is C17H15N3OS2. The molecule has 0 saturated heterocycles. The van der Waals surface area contributed by atoms with Gasteiger partial charge in [-0.15, -0.1) is 0 Å². The molecule has 1 heterocycles. The number of thiazole rings is 1. The molecule has 0 fully saturated rings. The molecule has 3 rings (SSSR count). The lowest BCUT2D eigenvalue weighted by Crippen LogP contribution is -2.14. The van der Waals surface area contributed by atoms with Crippen LogP contribution in [0.2, 0.25) is 0 Å². The highest BCUT2D eigenvalue weighted by Crippen LogP contribution is 2.27. The summed E-state index contributed by atoms with van der Waals surface area (Å²) < 4.78 is 2.26. The van der Waals surface area contributed by atoms with Crippen LogP contribution in [0.4, 0.5) is 11.5 Å². The molecule has 0 saturated carbocycles. The SMILES string of the molecule is Cc1ccccc1NC(=O)c1sc(=S)n(-c2ccccc2)c1N. The quantitative estimate of drug-likeness (QED) is 0.694. The molecule has 1 aromatic heterocycles. The van der Waals surface area contributed by atoms with Crippen molar-refractivity contribution in [3.63, 3.8) is 0 Å². The summed E-state index contributed by atoms with van der Waals surface area (Å²) in [6.45, 7) is 1.94. The second kappa shape index (κ2) is 6.36. The van der Waals surface area contributed by atoms with Gasteiger partial charge in [-0.05, 0) is 42.9 Å². The van der Waals surface area contributed by atoms with Crippen LogP contribution in [0.5, 0.6) is 0 Å². The molecule has 6 heteroatoms. The van der Waals surface area contributed by atoms with Gasteiger partial charge in [0.05, 0.1) is 0 Å². The minimum Gasteiger partial charge on any atom is -0.383 e. The molecule has 0 aliphatic rings. The van der Waals surface area contributed by atoms with E-state index in [9.17, 15) is 4.79 Å². The van der Waals surface area contributed by atoms with E-state index in [1.54, 1.807) is 4.57 Å². The Morgan fingerprint density at radius 1 is 1.13 bits per heavy atom. The van der Waals surface area contributed by atoms with E-state index in [-0.39, 0.29) is 5.91 Å². The van der Waals surface area contributed by atoms with Gasteiger partial charge in [-0.2, -0.15) is 0 Å². The minimum atomic E-state index is -0.248. The fourth-order valence-electron chi connectivity index (χ4n) is 2.26. The van der Waals surface area contributed by atoms with Gasteiger partial charge in [0.2, 0.25) is 0 Å². The topological polar surface area (TPSA) is 60.0 Å². The average Bonchev–Trinajstić information content (AvgIpc) is 2.85. The van der Waals surface area contributed by atoms with Crippen molar-refractivity contribution in [2.24, 2.45) is 0 Å². The van der Waals surface area contributed by atoms with E-state index in [0.29, 0.717) is 14.6 Å². The highest BCUT2D eigenvalue weighted by Gasteiger charge is 2.18. The third-order valence-electron chi connectivity index (χ3n) is 3.46. The number of hydrogen-bond acceptors (Lipinski definition) is 4. The van der Waals surface area contributed by atoms with Crippen LogP contribution in [0, 0.1) is 10.9 Å². The first-order valence-corrected chi connectivity index (χ1v) is 8.24. The predicted octanol–water partition coefficient (Wildman–Crippen LogP) is 4.41. The van der Waals surface area contributed by atoms with Gasteiger partial charge in [0.1, 0.15) is 10.7 Å². The second-order valence-corrected chi connectivity index (χ2v) is 6.67. The Hall–Kier alpha value is -2.44. The Balaban J connectivity index is 1.97. The highest BCUT2D eigenvalue weighted by molar-refractivity contribution is 7.73. The molecule has 3 aromatic rings. The molecule has 0 radical (unpaired) electrons. The first-order valence-electron chi connectivity index (χ1n) is 7.01. The molecule has 0 unspecified atom stereocenters. The van der Waals surface area contributed by atoms with Gasteiger partial charge in [-0.3, -0.25) is 9.36 Å². The molecule has 2 aromatic carbocycles. The lowest BCUT2D eigenvalue weighted by atomic mass is 10.2. The molecule has 4 nitrogen and oxygen atoms in total. The van der Waals surface area contributed by atoms with E-state index < -0.39 is 0 Å². The van der Waals surface area contributed by atoms with Gasteiger partial charge in [-0.1, -0.05) is 47.7 Å². The van der Waals surface area contributed by atoms with E-state index in [0.717, 1.165) is 16.9 Å². The number of nitrogens with zero attached hydrogens (tertiary/aromatic N) is 1. The molecule has 1 amide bonds. The van der Waals surface area contributed by atoms with E-state index in [1.807, 2.05) is 61.5 Å². The first kappa shape index (κ1) is 15.5. The molecule has 0 bridgehead atoms. The van der Waals surface area contributed by atoms with E-state index in [4.69, 9.17) is 18.0 Å². The van der Waals surface area contributed by atoms with E-state index in [2.05, 4.69) is 5.32 Å². The van der Waals surface area contributed by atoms with Crippen molar-refractivity contribution in [2.75, 3.05) is 11.1 Å². The average molecular weight is 341 g/mol. The van der Waals surface area contributed by atoms with Crippen LogP contribution in [-0.2, 0) is 0 Å². The van der Waals surface area contributed by atoms with Gasteiger partial charge in [0.15, 0.2) is 3.95 Å². The lowest BCUT2D eigenvalue weighted by molar-refractivity contribution is 0.103. The minimum absolute atomic E-state index is 0.248. The number of carbonyl (C=O) groups is 1. The maximum atomic E-state index is 12.5. The number of aromatic nitrogens is 1. The lowest BCUT2D eigenvalue weighted by Gasteiger charge is -2.08. The van der Waals surface area contributed by atoms with Crippen LogP contribution in [0.25, 0.3) is 5.69 Å². The molecular weight excluding hydrogens is 326 g/mol. The van der Waals surface area contributed by atoms with Crippen LogP contribution in [0.1, 0.15) is 15.2 Å². The summed E-state index contributed by atoms with van der Waals surface area (Å²) in [4.78, 5) is 13.0. The zero-order valence-electron chi connectivity index (χ0n) is 12.4. The fraction of sp³-hybridized carbons (Fsp3) is 0.0588. The van der Waals surface area contributed by atoms with Crippen molar-refractivity contribution in [1.82, 2.24) is 4.57 Å². The fourth-order valence-corrected chi connectivity index (χ4v) is 3.52. The monoisotopic (exact) mass is 341 g/mol. The van der Waals surface area contributed by atoms with Gasteiger partial charge in [-0.25, -0.2) is 0 Å². The number of para-hydroxylation sites is 2. The maximum Gasteiger partial charge on any atom is 0.269 e. The van der Waals surface area contributed by atoms with Crippen molar-refractivity contribution in [1.29, 1.82) is 0 Å². The van der Waals surface area contributed by atoms with Crippen molar-refractivity contribution < 1.29 is 4.79 Å². The zero-order chi connectivity index (χ0) is 16.4. The van der Waals surface area contributed by atoms with Gasteiger partial charge in [0, 0.05) is 11.4 Å². The molecule has 0 atom stereocenters. The Morgan fingerprint density at radius 3 is 2.48 bits per heavy atom. The standard InChI is InChI=1S/C17H15N3OS2/c1-11-7-5-6-10-13(11)19-16(21)14-15(18)20(17(22)23-14)12-8-3-2-4-9-12/h2-10H,18H2,1H3,(H,19,21). The summed E-state index contributed by atoms with van der Waals surface area (Å²) in [6.07, 6.45) is 0. The number of rotatable bonds is 3. The van der Waals surface area contributed by atoms with Gasteiger partial charge < -0.3 is 11.1 Å². The third kappa shape index (κ3) is 3.04. The Labute approximate surface area is 143 Å². The molecule has 0 aliphatic heterocycles. The summed E-state index contributed by atoms with van der Waals surface area (Å²) in [6, 6.07) is 17.1. The number of nitrogen functional groups attached to an aromatic ring is 1. The Bertz CT molecular complexity index is 913. The number of amides is 1. The molecule has 3 N–H and O–H groups in total. The number of nitrogens with two attached hydrogens (primary N) is 1. The summed E-state index contributed by atoms with van der Waals surface area (Å²) >= 11 is 6.58. The first-order chi connectivity index (χ1) is 11.1. The summed E-state index contributed by atoms with van der Waals surface area (Å²) in [7, 11) is 0. The third-order valence-corrected chi connectivity index (χ3v) is 4.85. The van der Waals surface area contributed by atoms with Crippen molar-refractivity contribution in [2.45, 2.75) is 6.92 Å². The van der Waals surface area contributed by atoms with Crippen LogP contribution in [0.15, 0.2) is 54.6 Å². The maximum absolute atomic E-state index is 12.5. The van der Waals surface area contributed by atoms with Crippen molar-refractivity contribution in [3.8, 4) is 5.69 Å². The number of hydrogen-bond donors (Lipinski definition) is 2. The number of benzene rings is 2. The second-order valence-electron chi connectivity index (χ2n) is 5.02. The van der Waals surface area contributed by atoms with Gasteiger partial charge >= 0.3 is 0 Å². The number of carbonyl (C=O) groups excluding carboxylic acids is 1. The smallest absolute Gasteiger partial charge is 0.269 e. The number of aryl methyl sites for hydroxylation is 1. The summed E-state index contributed by atoms with van der Waals surface area (Å²) in [5.74, 6) is 0.111. The van der Waals surface area contributed by atoms with Crippen molar-refractivity contribution in [3.05, 3.63) is 69.0 Å². The van der Waals surface area contributed by atoms with E-state index >= 15 is 0 Å². The van der Waals surface area contributed by atoms with Crippen molar-refractivity contribution >= 4 is 41.0 Å². The van der Waals surface area contributed by atoms with Crippen LogP contribution in [0.3, 0.4) is 0 Å². The number of nitrogens with one attached hydrogen (secondary N) is 1. The van der Waals surface area contributed by atoms with Crippen LogP contribution < -0.4 is 11.1 Å². The molecule has 116 valence electrons. The molecule has 0 aliphatic carbocycles. The highest BCUT2D eigenvalue weighted by atomic mass is 32.1. The Morgan fingerprint density at radius 2 is 1.78 bits per heavy atom. The van der Waals surface area contributed by atoms with E-state index in [1.165, 1.54) is 11.3 Å². The summed E-state index contributed by atoms with van der Waals surface area (Å²) in [5, 5.41) is 2.89. The predicted molar refractivity (Wildman–Crippen MR) is 98.0 cm³/mol. The Kier molecular flexibility index (Phi) is 4.27. The normalized spacial score (nSPS) is 10.5. The molecule has 23 heavy (non-hydrogen) atoms. The van der Waals surface area contributed by atoms with Gasteiger partial charge in [0.25, 0.3) is 5.91 Å². The van der Waals surface area contributed by atoms with Crippen LogP contribution in [-0.4, -0.2) is 10.5 Å². The number of anilines is 2.